The van der Waals surface area contributed by atoms with Gasteiger partial charge in [0.05, 0.1) is 19.3 Å². The average molecular weight is 385 g/mol. The molecule has 2 aromatic rings. The number of aromatic nitrogens is 2. The summed E-state index contributed by atoms with van der Waals surface area (Å²) < 4.78 is 11.2. The van der Waals surface area contributed by atoms with Gasteiger partial charge >= 0.3 is 0 Å². The SMILES string of the molecule is CNC(=O)c1cc2nc(NC3=CC(C4CC4)NN3)nc(N3CCOCC3)c2o1. The van der Waals surface area contributed by atoms with Gasteiger partial charge in [-0.2, -0.15) is 4.98 Å². The number of rotatable bonds is 5. The van der Waals surface area contributed by atoms with E-state index in [0.717, 1.165) is 5.82 Å². The van der Waals surface area contributed by atoms with Crippen LogP contribution in [0.4, 0.5) is 11.8 Å². The van der Waals surface area contributed by atoms with E-state index in [0.29, 0.717) is 61.1 Å². The number of hydrazine groups is 1. The molecule has 4 heterocycles. The van der Waals surface area contributed by atoms with Gasteiger partial charge in [-0.3, -0.25) is 4.79 Å². The first-order chi connectivity index (χ1) is 13.7. The topological polar surface area (TPSA) is 117 Å². The molecule has 0 spiro atoms. The number of fused-ring (bicyclic) bond motifs is 1. The van der Waals surface area contributed by atoms with E-state index in [1.165, 1.54) is 12.8 Å². The van der Waals surface area contributed by atoms with Crippen LogP contribution in [0.3, 0.4) is 0 Å². The van der Waals surface area contributed by atoms with Crippen molar-refractivity contribution in [1.29, 1.82) is 0 Å². The molecule has 148 valence electrons. The lowest BCUT2D eigenvalue weighted by molar-refractivity contribution is 0.0937. The number of anilines is 2. The van der Waals surface area contributed by atoms with E-state index >= 15 is 0 Å². The number of carbonyl (C=O) groups excluding carboxylic acids is 1. The molecule has 4 N–H and O–H groups in total. The van der Waals surface area contributed by atoms with Gasteiger partial charge in [0.2, 0.25) is 5.95 Å². The number of nitrogens with one attached hydrogen (secondary N) is 4. The Hall–Kier alpha value is -2.85. The minimum Gasteiger partial charge on any atom is -0.445 e. The Morgan fingerprint density at radius 1 is 1.29 bits per heavy atom. The molecule has 1 atom stereocenters. The Kier molecular flexibility index (Phi) is 4.29. The first-order valence-corrected chi connectivity index (χ1v) is 9.58. The van der Waals surface area contributed by atoms with Crippen LogP contribution in [0.1, 0.15) is 23.4 Å². The molecule has 2 aliphatic heterocycles. The number of hydrogen-bond acceptors (Lipinski definition) is 9. The number of hydrogen-bond donors (Lipinski definition) is 4. The van der Waals surface area contributed by atoms with Crippen LogP contribution in [-0.2, 0) is 4.74 Å². The Bertz CT molecular complexity index is 931. The third kappa shape index (κ3) is 3.25. The van der Waals surface area contributed by atoms with E-state index in [-0.39, 0.29) is 11.7 Å². The average Bonchev–Trinajstić information content (AvgIpc) is 3.32. The molecule has 0 aromatic carbocycles. The predicted molar refractivity (Wildman–Crippen MR) is 103 cm³/mol. The van der Waals surface area contributed by atoms with Crippen LogP contribution >= 0.6 is 0 Å². The van der Waals surface area contributed by atoms with Gasteiger partial charge < -0.3 is 30.1 Å². The fourth-order valence-electron chi connectivity index (χ4n) is 3.52. The molecular weight excluding hydrogens is 362 g/mol. The van der Waals surface area contributed by atoms with Crippen LogP contribution in [0.5, 0.6) is 0 Å². The molecule has 1 unspecified atom stereocenters. The summed E-state index contributed by atoms with van der Waals surface area (Å²) in [7, 11) is 1.57. The van der Waals surface area contributed by atoms with Crippen molar-refractivity contribution >= 4 is 28.8 Å². The van der Waals surface area contributed by atoms with Crippen molar-refractivity contribution in [2.75, 3.05) is 43.6 Å². The van der Waals surface area contributed by atoms with E-state index < -0.39 is 0 Å². The molecule has 10 heteroatoms. The molecule has 1 saturated heterocycles. The fourth-order valence-corrected chi connectivity index (χ4v) is 3.52. The van der Waals surface area contributed by atoms with Crippen LogP contribution in [0, 0.1) is 5.92 Å². The summed E-state index contributed by atoms with van der Waals surface area (Å²) in [6, 6.07) is 1.98. The van der Waals surface area contributed by atoms with E-state index in [9.17, 15) is 4.79 Å². The molecule has 3 aliphatic rings. The van der Waals surface area contributed by atoms with Gasteiger partial charge in [-0.1, -0.05) is 0 Å². The van der Waals surface area contributed by atoms with Gasteiger partial charge in [0.25, 0.3) is 5.91 Å². The Morgan fingerprint density at radius 3 is 2.86 bits per heavy atom. The van der Waals surface area contributed by atoms with Crippen molar-refractivity contribution in [2.45, 2.75) is 18.9 Å². The molecule has 10 nitrogen and oxygen atoms in total. The Labute approximate surface area is 161 Å². The highest BCUT2D eigenvalue weighted by molar-refractivity contribution is 5.97. The number of ether oxygens (including phenoxy) is 1. The molecule has 1 aliphatic carbocycles. The normalized spacial score (nSPS) is 22.1. The summed E-state index contributed by atoms with van der Waals surface area (Å²) in [4.78, 5) is 23.3. The van der Waals surface area contributed by atoms with Gasteiger partial charge in [-0.15, -0.1) is 0 Å². The minimum atomic E-state index is -0.294. The molecule has 5 rings (SSSR count). The number of carbonyl (C=O) groups is 1. The van der Waals surface area contributed by atoms with Crippen molar-refractivity contribution in [2.24, 2.45) is 5.92 Å². The molecular formula is C18H23N7O3. The molecule has 0 radical (unpaired) electrons. The fraction of sp³-hybridized carbons (Fsp3) is 0.500. The van der Waals surface area contributed by atoms with Crippen molar-refractivity contribution in [3.63, 3.8) is 0 Å². The summed E-state index contributed by atoms with van der Waals surface area (Å²) in [5.41, 5.74) is 7.52. The summed E-state index contributed by atoms with van der Waals surface area (Å²) >= 11 is 0. The third-order valence-corrected chi connectivity index (χ3v) is 5.21. The smallest absolute Gasteiger partial charge is 0.286 e. The summed E-state index contributed by atoms with van der Waals surface area (Å²) in [5.74, 6) is 2.57. The van der Waals surface area contributed by atoms with Crippen molar-refractivity contribution in [1.82, 2.24) is 26.1 Å². The molecule has 28 heavy (non-hydrogen) atoms. The van der Waals surface area contributed by atoms with Crippen molar-refractivity contribution < 1.29 is 13.9 Å². The third-order valence-electron chi connectivity index (χ3n) is 5.21. The summed E-state index contributed by atoms with van der Waals surface area (Å²) in [5, 5.41) is 5.82. The first kappa shape index (κ1) is 17.3. The molecule has 2 aromatic heterocycles. The second-order valence-corrected chi connectivity index (χ2v) is 7.21. The van der Waals surface area contributed by atoms with E-state index in [1.807, 2.05) is 0 Å². The first-order valence-electron chi connectivity index (χ1n) is 9.58. The summed E-state index contributed by atoms with van der Waals surface area (Å²) in [6.07, 6.45) is 4.64. The standard InChI is InChI=1S/C18H23N7O3/c1-19-17(26)13-8-12-15(28-13)16(25-4-6-27-7-5-25)22-18(20-12)21-14-9-11(23-24-14)10-2-3-10/h8-11,23-24H,2-7H2,1H3,(H,19,26)(H,20,21,22). The van der Waals surface area contributed by atoms with Gasteiger partial charge in [0.15, 0.2) is 17.2 Å². The molecule has 0 bridgehead atoms. The van der Waals surface area contributed by atoms with Crippen molar-refractivity contribution in [3.05, 3.63) is 23.7 Å². The number of morpholine rings is 1. The van der Waals surface area contributed by atoms with Gasteiger partial charge in [-0.05, 0) is 24.8 Å². The number of nitrogens with zero attached hydrogens (tertiary/aromatic N) is 3. The quantitative estimate of drug-likeness (QED) is 0.586. The highest BCUT2D eigenvalue weighted by Crippen LogP contribution is 2.34. The maximum Gasteiger partial charge on any atom is 0.286 e. The van der Waals surface area contributed by atoms with Crippen LogP contribution in [0.15, 0.2) is 22.4 Å². The Balaban J connectivity index is 1.50. The minimum absolute atomic E-state index is 0.215. The van der Waals surface area contributed by atoms with Gasteiger partial charge in [0.1, 0.15) is 11.3 Å². The lowest BCUT2D eigenvalue weighted by Gasteiger charge is -2.27. The largest absolute Gasteiger partial charge is 0.445 e. The second-order valence-electron chi connectivity index (χ2n) is 7.21. The molecule has 2 fully saturated rings. The van der Waals surface area contributed by atoms with Crippen LogP contribution in [0.2, 0.25) is 0 Å². The van der Waals surface area contributed by atoms with Crippen LogP contribution in [-0.4, -0.2) is 55.3 Å². The summed E-state index contributed by atoms with van der Waals surface area (Å²) in [6.45, 7) is 2.65. The second kappa shape index (κ2) is 6.95. The maximum absolute atomic E-state index is 12.0. The lowest BCUT2D eigenvalue weighted by atomic mass is 10.2. The zero-order chi connectivity index (χ0) is 19.1. The predicted octanol–water partition coefficient (Wildman–Crippen LogP) is 0.559. The van der Waals surface area contributed by atoms with Crippen molar-refractivity contribution in [3.8, 4) is 0 Å². The Morgan fingerprint density at radius 2 is 2.11 bits per heavy atom. The zero-order valence-corrected chi connectivity index (χ0v) is 15.6. The molecule has 1 saturated carbocycles. The maximum atomic E-state index is 12.0. The van der Waals surface area contributed by atoms with E-state index in [2.05, 4.69) is 42.4 Å². The number of furan rings is 1. The highest BCUT2D eigenvalue weighted by atomic mass is 16.5. The van der Waals surface area contributed by atoms with E-state index in [4.69, 9.17) is 9.15 Å². The lowest BCUT2D eigenvalue weighted by Crippen LogP contribution is -2.37. The highest BCUT2D eigenvalue weighted by Gasteiger charge is 2.33. The van der Waals surface area contributed by atoms with Gasteiger partial charge in [-0.25, -0.2) is 10.4 Å². The monoisotopic (exact) mass is 385 g/mol. The zero-order valence-electron chi connectivity index (χ0n) is 15.6. The van der Waals surface area contributed by atoms with Gasteiger partial charge in [0, 0.05) is 26.2 Å². The van der Waals surface area contributed by atoms with Crippen LogP contribution in [0.25, 0.3) is 11.1 Å². The van der Waals surface area contributed by atoms with Crippen LogP contribution < -0.4 is 26.4 Å². The molecule has 1 amide bonds. The van der Waals surface area contributed by atoms with E-state index in [1.54, 1.807) is 13.1 Å². The number of amides is 1.